The molecule has 1 saturated carbocycles. The smallest absolute Gasteiger partial charge is 0.115 e. The minimum absolute atomic E-state index is 0.430. The summed E-state index contributed by atoms with van der Waals surface area (Å²) < 4.78 is 0. The van der Waals surface area contributed by atoms with Crippen molar-refractivity contribution in [2.75, 3.05) is 6.54 Å². The van der Waals surface area contributed by atoms with Crippen molar-refractivity contribution in [3.8, 4) is 0 Å². The van der Waals surface area contributed by atoms with Gasteiger partial charge in [-0.05, 0) is 18.9 Å². The van der Waals surface area contributed by atoms with E-state index in [0.717, 1.165) is 12.5 Å². The molecule has 0 bridgehead atoms. The highest BCUT2D eigenvalue weighted by Crippen LogP contribution is 2.30. The molecule has 0 amide bonds. The van der Waals surface area contributed by atoms with Crippen molar-refractivity contribution in [3.63, 3.8) is 0 Å². The lowest BCUT2D eigenvalue weighted by Gasteiger charge is -2.23. The molecule has 1 aliphatic rings. The van der Waals surface area contributed by atoms with Crippen molar-refractivity contribution in [2.24, 2.45) is 5.92 Å². The van der Waals surface area contributed by atoms with Crippen molar-refractivity contribution in [1.29, 1.82) is 0 Å². The Morgan fingerprint density at radius 2 is 1.83 bits per heavy atom. The molecule has 0 spiro atoms. The van der Waals surface area contributed by atoms with E-state index in [4.69, 9.17) is 0 Å². The molecule has 1 aromatic rings. The van der Waals surface area contributed by atoms with Gasteiger partial charge in [-0.1, -0.05) is 45.4 Å². The first-order chi connectivity index (χ1) is 8.90. The third-order valence-corrected chi connectivity index (χ3v) is 3.98. The maximum absolute atomic E-state index is 4.15. The summed E-state index contributed by atoms with van der Waals surface area (Å²) in [7, 11) is 0. The van der Waals surface area contributed by atoms with Crippen molar-refractivity contribution in [1.82, 2.24) is 15.3 Å². The van der Waals surface area contributed by atoms with E-state index in [1.54, 1.807) is 6.33 Å². The fourth-order valence-electron chi connectivity index (χ4n) is 3.01. The van der Waals surface area contributed by atoms with Gasteiger partial charge in [0.1, 0.15) is 6.33 Å². The highest BCUT2D eigenvalue weighted by Gasteiger charge is 2.19. The minimum Gasteiger partial charge on any atom is -0.310 e. The predicted octanol–water partition coefficient (Wildman–Crippen LogP) is 3.49. The van der Waals surface area contributed by atoms with Crippen LogP contribution in [0.5, 0.6) is 0 Å². The zero-order chi connectivity index (χ0) is 12.6. The van der Waals surface area contributed by atoms with Crippen LogP contribution in [0.2, 0.25) is 0 Å². The van der Waals surface area contributed by atoms with E-state index in [0.29, 0.717) is 6.04 Å². The number of aromatic nitrogens is 2. The molecule has 18 heavy (non-hydrogen) atoms. The molecule has 1 fully saturated rings. The van der Waals surface area contributed by atoms with E-state index >= 15 is 0 Å². The Morgan fingerprint density at radius 1 is 1.17 bits per heavy atom. The molecule has 100 valence electrons. The van der Waals surface area contributed by atoms with Crippen LogP contribution < -0.4 is 5.32 Å². The van der Waals surface area contributed by atoms with Gasteiger partial charge >= 0.3 is 0 Å². The summed E-state index contributed by atoms with van der Waals surface area (Å²) >= 11 is 0. The lowest BCUT2D eigenvalue weighted by atomic mass is 9.90. The van der Waals surface area contributed by atoms with E-state index in [1.807, 2.05) is 12.4 Å². The fraction of sp³-hybridized carbons (Fsp3) is 0.733. The zero-order valence-corrected chi connectivity index (χ0v) is 11.4. The lowest BCUT2D eigenvalue weighted by molar-refractivity contribution is 0.359. The van der Waals surface area contributed by atoms with Gasteiger partial charge in [0, 0.05) is 24.0 Å². The highest BCUT2D eigenvalue weighted by atomic mass is 14.9. The number of nitrogens with zero attached hydrogens (tertiary/aromatic N) is 2. The summed E-state index contributed by atoms with van der Waals surface area (Å²) in [6.07, 6.45) is 15.2. The molecule has 1 heterocycles. The molecule has 1 N–H and O–H groups in total. The van der Waals surface area contributed by atoms with Gasteiger partial charge in [-0.3, -0.25) is 0 Å². The van der Waals surface area contributed by atoms with Crippen LogP contribution in [0.15, 0.2) is 18.7 Å². The Kier molecular flexibility index (Phi) is 5.59. The molecule has 0 aliphatic heterocycles. The summed E-state index contributed by atoms with van der Waals surface area (Å²) in [6.45, 7) is 3.18. The molecular formula is C15H25N3. The Hall–Kier alpha value is -0.960. The maximum atomic E-state index is 4.15. The van der Waals surface area contributed by atoms with Crippen LogP contribution in [0.4, 0.5) is 0 Å². The van der Waals surface area contributed by atoms with E-state index in [2.05, 4.69) is 22.2 Å². The van der Waals surface area contributed by atoms with Gasteiger partial charge in [-0.25, -0.2) is 9.97 Å². The van der Waals surface area contributed by atoms with Gasteiger partial charge in [0.05, 0.1) is 0 Å². The summed E-state index contributed by atoms with van der Waals surface area (Å²) in [4.78, 5) is 8.30. The van der Waals surface area contributed by atoms with E-state index in [9.17, 15) is 0 Å². The number of hydrogen-bond donors (Lipinski definition) is 1. The first kappa shape index (κ1) is 13.5. The third kappa shape index (κ3) is 4.05. The van der Waals surface area contributed by atoms with Gasteiger partial charge in [0.15, 0.2) is 0 Å². The monoisotopic (exact) mass is 247 g/mol. The molecule has 1 aromatic heterocycles. The van der Waals surface area contributed by atoms with Gasteiger partial charge in [0.2, 0.25) is 0 Å². The van der Waals surface area contributed by atoms with E-state index < -0.39 is 0 Å². The molecule has 0 radical (unpaired) electrons. The molecule has 0 aromatic carbocycles. The van der Waals surface area contributed by atoms with Gasteiger partial charge in [-0.2, -0.15) is 0 Å². The van der Waals surface area contributed by atoms with Crippen LogP contribution >= 0.6 is 0 Å². The molecule has 3 nitrogen and oxygen atoms in total. The summed E-state index contributed by atoms with van der Waals surface area (Å²) in [5.41, 5.74) is 1.24. The SMILES string of the molecule is CCNC(CC1CCCCCC1)c1cncnc1. The fourth-order valence-corrected chi connectivity index (χ4v) is 3.01. The van der Waals surface area contributed by atoms with Gasteiger partial charge in [0.25, 0.3) is 0 Å². The minimum atomic E-state index is 0.430. The molecule has 2 rings (SSSR count). The Labute approximate surface area is 110 Å². The summed E-state index contributed by atoms with van der Waals surface area (Å²) in [5, 5.41) is 3.59. The summed E-state index contributed by atoms with van der Waals surface area (Å²) in [5.74, 6) is 0.872. The van der Waals surface area contributed by atoms with Crippen LogP contribution in [0.25, 0.3) is 0 Å². The topological polar surface area (TPSA) is 37.8 Å². The Balaban J connectivity index is 1.97. The summed E-state index contributed by atoms with van der Waals surface area (Å²) in [6, 6.07) is 0.430. The Bertz CT molecular complexity index is 318. The lowest BCUT2D eigenvalue weighted by Crippen LogP contribution is -2.23. The average molecular weight is 247 g/mol. The molecule has 1 atom stereocenters. The molecule has 3 heteroatoms. The van der Waals surface area contributed by atoms with Crippen LogP contribution in [-0.4, -0.2) is 16.5 Å². The van der Waals surface area contributed by atoms with Crippen molar-refractivity contribution < 1.29 is 0 Å². The van der Waals surface area contributed by atoms with Crippen molar-refractivity contribution in [3.05, 3.63) is 24.3 Å². The van der Waals surface area contributed by atoms with E-state index in [1.165, 1.54) is 50.5 Å². The molecule has 0 saturated heterocycles. The second-order valence-electron chi connectivity index (χ2n) is 5.38. The van der Waals surface area contributed by atoms with Gasteiger partial charge < -0.3 is 5.32 Å². The number of rotatable bonds is 5. The van der Waals surface area contributed by atoms with Crippen LogP contribution in [0, 0.1) is 5.92 Å². The maximum Gasteiger partial charge on any atom is 0.115 e. The van der Waals surface area contributed by atoms with Crippen LogP contribution in [0.1, 0.15) is 63.5 Å². The molecule has 1 aliphatic carbocycles. The first-order valence-corrected chi connectivity index (χ1v) is 7.38. The zero-order valence-electron chi connectivity index (χ0n) is 11.4. The van der Waals surface area contributed by atoms with Crippen LogP contribution in [0.3, 0.4) is 0 Å². The highest BCUT2D eigenvalue weighted by molar-refractivity contribution is 5.09. The first-order valence-electron chi connectivity index (χ1n) is 7.38. The predicted molar refractivity (Wildman–Crippen MR) is 74.3 cm³/mol. The third-order valence-electron chi connectivity index (χ3n) is 3.98. The normalized spacial score (nSPS) is 19.4. The second-order valence-corrected chi connectivity index (χ2v) is 5.38. The van der Waals surface area contributed by atoms with Crippen molar-refractivity contribution in [2.45, 2.75) is 57.9 Å². The van der Waals surface area contributed by atoms with Crippen LogP contribution in [-0.2, 0) is 0 Å². The standard InChI is InChI=1S/C15H25N3/c1-2-18-15(14-10-16-12-17-11-14)9-13-7-5-3-4-6-8-13/h10-13,15,18H,2-9H2,1H3. The number of hydrogen-bond acceptors (Lipinski definition) is 3. The molecule has 1 unspecified atom stereocenters. The van der Waals surface area contributed by atoms with Crippen molar-refractivity contribution >= 4 is 0 Å². The van der Waals surface area contributed by atoms with E-state index in [-0.39, 0.29) is 0 Å². The quantitative estimate of drug-likeness (QED) is 0.809. The average Bonchev–Trinajstić information content (AvgIpc) is 2.68. The number of nitrogens with one attached hydrogen (secondary N) is 1. The Morgan fingerprint density at radius 3 is 2.44 bits per heavy atom. The van der Waals surface area contributed by atoms with Gasteiger partial charge in [-0.15, -0.1) is 0 Å². The largest absolute Gasteiger partial charge is 0.310 e. The molecular weight excluding hydrogens is 222 g/mol. The second kappa shape index (κ2) is 7.47.